The van der Waals surface area contributed by atoms with Gasteiger partial charge in [0.1, 0.15) is 6.61 Å². The number of nitrogens with two attached hydrogens (primary N) is 1. The predicted octanol–water partition coefficient (Wildman–Crippen LogP) is 2.15. The molecule has 0 aromatic carbocycles. The quantitative estimate of drug-likeness (QED) is 0.871. The van der Waals surface area contributed by atoms with Crippen molar-refractivity contribution < 1.29 is 4.74 Å². The number of nitrogen functional groups attached to an aromatic ring is 1. The van der Waals surface area contributed by atoms with Crippen LogP contribution in [0.5, 0.6) is 5.88 Å². The molecule has 0 aliphatic rings. The molecule has 0 aliphatic heterocycles. The van der Waals surface area contributed by atoms with Crippen molar-refractivity contribution in [1.29, 1.82) is 0 Å². The van der Waals surface area contributed by atoms with E-state index in [0.717, 1.165) is 24.1 Å². The average Bonchev–Trinajstić information content (AvgIpc) is 2.27. The van der Waals surface area contributed by atoms with Crippen LogP contribution in [0.3, 0.4) is 0 Å². The summed E-state index contributed by atoms with van der Waals surface area (Å²) in [6.45, 7) is 7.84. The number of hydrogen-bond acceptors (Lipinski definition) is 4. The van der Waals surface area contributed by atoms with E-state index in [1.54, 1.807) is 12.3 Å². The number of likely N-dealkylation sites (N-methyl/N-ethyl adjacent to an activating group) is 1. The lowest BCUT2D eigenvalue weighted by Crippen LogP contribution is -2.28. The molecule has 0 fully saturated rings. The summed E-state index contributed by atoms with van der Waals surface area (Å²) < 4.78 is 6.39. The topological polar surface area (TPSA) is 51.4 Å². The molecule has 0 bridgehead atoms. The Morgan fingerprint density at radius 1 is 1.44 bits per heavy atom. The summed E-state index contributed by atoms with van der Waals surface area (Å²) in [5.74, 6) is 0.510. The summed E-state index contributed by atoms with van der Waals surface area (Å²) in [5, 5.41) is 0. The van der Waals surface area contributed by atoms with Crippen molar-refractivity contribution in [3.63, 3.8) is 0 Å². The van der Waals surface area contributed by atoms with E-state index >= 15 is 0 Å². The zero-order valence-corrected chi connectivity index (χ0v) is 11.3. The van der Waals surface area contributed by atoms with Gasteiger partial charge in [0.25, 0.3) is 0 Å². The summed E-state index contributed by atoms with van der Waals surface area (Å²) in [4.78, 5) is 6.40. The predicted molar refractivity (Wildman–Crippen MR) is 69.6 cm³/mol. The van der Waals surface area contributed by atoms with Crippen LogP contribution in [0.2, 0.25) is 0 Å². The fraction of sp³-hybridized carbons (Fsp3) is 0.545. The van der Waals surface area contributed by atoms with Crippen LogP contribution in [0.25, 0.3) is 0 Å². The minimum atomic E-state index is 0.510. The SMILES string of the molecule is CCN(CC)CCOc1ncc(Br)cc1N. The Balaban J connectivity index is 2.42. The van der Waals surface area contributed by atoms with E-state index in [9.17, 15) is 0 Å². The molecule has 0 radical (unpaired) electrons. The largest absolute Gasteiger partial charge is 0.475 e. The average molecular weight is 288 g/mol. The molecule has 5 heteroatoms. The fourth-order valence-corrected chi connectivity index (χ4v) is 1.72. The molecule has 90 valence electrons. The van der Waals surface area contributed by atoms with Crippen LogP contribution in [0.1, 0.15) is 13.8 Å². The van der Waals surface area contributed by atoms with Gasteiger partial charge in [-0.05, 0) is 35.1 Å². The number of hydrogen-bond donors (Lipinski definition) is 1. The summed E-state index contributed by atoms with van der Waals surface area (Å²) in [7, 11) is 0. The van der Waals surface area contributed by atoms with Crippen molar-refractivity contribution in [1.82, 2.24) is 9.88 Å². The standard InChI is InChI=1S/C11H18BrN3O/c1-3-15(4-2)5-6-16-11-10(13)7-9(12)8-14-11/h7-8H,3-6,13H2,1-2H3. The van der Waals surface area contributed by atoms with E-state index in [1.165, 1.54) is 0 Å². The fourth-order valence-electron chi connectivity index (χ4n) is 1.37. The Kier molecular flexibility index (Phi) is 5.55. The first-order valence-electron chi connectivity index (χ1n) is 5.43. The van der Waals surface area contributed by atoms with Crippen LogP contribution in [-0.2, 0) is 0 Å². The highest BCUT2D eigenvalue weighted by Crippen LogP contribution is 2.21. The molecule has 0 amide bonds. The number of nitrogens with zero attached hydrogens (tertiary/aromatic N) is 2. The van der Waals surface area contributed by atoms with Crippen LogP contribution in [0.15, 0.2) is 16.7 Å². The van der Waals surface area contributed by atoms with Gasteiger partial charge in [-0.15, -0.1) is 0 Å². The molecule has 0 spiro atoms. The van der Waals surface area contributed by atoms with Gasteiger partial charge in [0.05, 0.1) is 5.69 Å². The lowest BCUT2D eigenvalue weighted by Gasteiger charge is -2.18. The Labute approximate surface area is 105 Å². The van der Waals surface area contributed by atoms with Crippen LogP contribution in [0.4, 0.5) is 5.69 Å². The van der Waals surface area contributed by atoms with Crippen LogP contribution in [-0.4, -0.2) is 36.1 Å². The summed E-state index contributed by atoms with van der Waals surface area (Å²) in [6.07, 6.45) is 1.68. The molecule has 16 heavy (non-hydrogen) atoms. The molecule has 1 aromatic heterocycles. The Hall–Kier alpha value is -0.810. The molecule has 0 saturated carbocycles. The smallest absolute Gasteiger partial charge is 0.237 e. The third-order valence-corrected chi connectivity index (χ3v) is 2.82. The highest BCUT2D eigenvalue weighted by Gasteiger charge is 2.04. The number of aromatic nitrogens is 1. The number of rotatable bonds is 6. The lowest BCUT2D eigenvalue weighted by atomic mass is 10.4. The lowest BCUT2D eigenvalue weighted by molar-refractivity contribution is 0.218. The third-order valence-electron chi connectivity index (χ3n) is 2.39. The molecule has 1 heterocycles. The van der Waals surface area contributed by atoms with E-state index < -0.39 is 0 Å². The number of ether oxygens (including phenoxy) is 1. The molecular weight excluding hydrogens is 270 g/mol. The first-order valence-corrected chi connectivity index (χ1v) is 6.22. The zero-order chi connectivity index (χ0) is 12.0. The van der Waals surface area contributed by atoms with Crippen molar-refractivity contribution in [2.24, 2.45) is 0 Å². The van der Waals surface area contributed by atoms with Crippen LogP contribution < -0.4 is 10.5 Å². The van der Waals surface area contributed by atoms with Gasteiger partial charge in [-0.25, -0.2) is 4.98 Å². The van der Waals surface area contributed by atoms with Crippen molar-refractivity contribution in [3.05, 3.63) is 16.7 Å². The number of halogens is 1. The maximum atomic E-state index is 5.77. The minimum absolute atomic E-state index is 0.510. The summed E-state index contributed by atoms with van der Waals surface area (Å²) in [5.41, 5.74) is 6.34. The second-order valence-electron chi connectivity index (χ2n) is 3.42. The summed E-state index contributed by atoms with van der Waals surface area (Å²) >= 11 is 3.30. The van der Waals surface area contributed by atoms with Crippen molar-refractivity contribution in [2.45, 2.75) is 13.8 Å². The van der Waals surface area contributed by atoms with Gasteiger partial charge in [-0.3, -0.25) is 0 Å². The molecule has 0 atom stereocenters. The Morgan fingerprint density at radius 2 is 2.12 bits per heavy atom. The maximum Gasteiger partial charge on any atom is 0.237 e. The van der Waals surface area contributed by atoms with Gasteiger partial charge in [-0.2, -0.15) is 0 Å². The highest BCUT2D eigenvalue weighted by atomic mass is 79.9. The van der Waals surface area contributed by atoms with Crippen LogP contribution in [0, 0.1) is 0 Å². The second-order valence-corrected chi connectivity index (χ2v) is 4.34. The Bertz CT molecular complexity index is 329. The minimum Gasteiger partial charge on any atom is -0.475 e. The molecule has 1 rings (SSSR count). The van der Waals surface area contributed by atoms with Gasteiger partial charge < -0.3 is 15.4 Å². The van der Waals surface area contributed by atoms with Gasteiger partial charge in [-0.1, -0.05) is 13.8 Å². The molecule has 4 nitrogen and oxygen atoms in total. The van der Waals surface area contributed by atoms with Gasteiger partial charge in [0.2, 0.25) is 5.88 Å². The van der Waals surface area contributed by atoms with E-state index in [-0.39, 0.29) is 0 Å². The van der Waals surface area contributed by atoms with E-state index in [2.05, 4.69) is 39.7 Å². The Morgan fingerprint density at radius 3 is 2.69 bits per heavy atom. The number of pyridine rings is 1. The molecular formula is C11H18BrN3O. The van der Waals surface area contributed by atoms with Crippen LogP contribution >= 0.6 is 15.9 Å². The van der Waals surface area contributed by atoms with Crippen molar-refractivity contribution in [3.8, 4) is 5.88 Å². The first kappa shape index (κ1) is 13.3. The maximum absolute atomic E-state index is 5.77. The highest BCUT2D eigenvalue weighted by molar-refractivity contribution is 9.10. The normalized spacial score (nSPS) is 10.8. The number of anilines is 1. The molecule has 0 aliphatic carbocycles. The van der Waals surface area contributed by atoms with E-state index in [1.807, 2.05) is 0 Å². The third kappa shape index (κ3) is 3.98. The molecule has 0 saturated heterocycles. The molecule has 0 unspecified atom stereocenters. The first-order chi connectivity index (χ1) is 7.67. The van der Waals surface area contributed by atoms with Gasteiger partial charge in [0.15, 0.2) is 0 Å². The zero-order valence-electron chi connectivity index (χ0n) is 9.74. The van der Waals surface area contributed by atoms with Crippen molar-refractivity contribution in [2.75, 3.05) is 32.0 Å². The summed E-state index contributed by atoms with van der Waals surface area (Å²) in [6, 6.07) is 1.79. The van der Waals surface area contributed by atoms with Gasteiger partial charge in [0, 0.05) is 17.2 Å². The van der Waals surface area contributed by atoms with Gasteiger partial charge >= 0.3 is 0 Å². The molecule has 2 N–H and O–H groups in total. The monoisotopic (exact) mass is 287 g/mol. The van der Waals surface area contributed by atoms with Crippen molar-refractivity contribution >= 4 is 21.6 Å². The van der Waals surface area contributed by atoms with E-state index in [0.29, 0.717) is 18.2 Å². The molecule has 1 aromatic rings. The second kappa shape index (κ2) is 6.70. The van der Waals surface area contributed by atoms with E-state index in [4.69, 9.17) is 10.5 Å².